The van der Waals surface area contributed by atoms with Gasteiger partial charge in [0.1, 0.15) is 17.1 Å². The van der Waals surface area contributed by atoms with E-state index in [2.05, 4.69) is 15.9 Å². The summed E-state index contributed by atoms with van der Waals surface area (Å²) in [4.78, 5) is 10.8. The minimum atomic E-state index is -0.846. The first-order valence-electron chi connectivity index (χ1n) is 3.39. The van der Waals surface area contributed by atoms with Gasteiger partial charge >= 0.3 is 0 Å². The Morgan fingerprint density at radius 3 is 2.69 bits per heavy atom. The van der Waals surface area contributed by atoms with Gasteiger partial charge in [0.2, 0.25) is 0 Å². The van der Waals surface area contributed by atoms with Crippen LogP contribution in [-0.4, -0.2) is 13.0 Å². The fraction of sp³-hybridized carbons (Fsp3) is 0.125. The molecule has 0 fully saturated rings. The quantitative estimate of drug-likeness (QED) is 0.865. The standard InChI is InChI=1S/C8H7BrFNO2/c1-13-6-3-4(9)2-5(10)7(6)8(11)12/h2-3H,1H3,(H2,11,12). The highest BCUT2D eigenvalue weighted by Gasteiger charge is 2.15. The molecule has 1 amide bonds. The van der Waals surface area contributed by atoms with E-state index in [0.717, 1.165) is 6.07 Å². The lowest BCUT2D eigenvalue weighted by molar-refractivity contribution is 0.0993. The van der Waals surface area contributed by atoms with Crippen LogP contribution in [0.25, 0.3) is 0 Å². The second kappa shape index (κ2) is 3.74. The molecule has 1 rings (SSSR count). The van der Waals surface area contributed by atoms with E-state index in [1.54, 1.807) is 0 Å². The number of benzene rings is 1. The predicted octanol–water partition coefficient (Wildman–Crippen LogP) is 1.70. The number of rotatable bonds is 2. The highest BCUT2D eigenvalue weighted by molar-refractivity contribution is 9.10. The molecule has 1 aromatic carbocycles. The zero-order valence-electron chi connectivity index (χ0n) is 6.80. The zero-order valence-corrected chi connectivity index (χ0v) is 8.39. The van der Waals surface area contributed by atoms with E-state index in [-0.39, 0.29) is 11.3 Å². The van der Waals surface area contributed by atoms with Crippen LogP contribution >= 0.6 is 15.9 Å². The van der Waals surface area contributed by atoms with Crippen LogP contribution in [-0.2, 0) is 0 Å². The summed E-state index contributed by atoms with van der Waals surface area (Å²) < 4.78 is 18.4. The van der Waals surface area contributed by atoms with E-state index >= 15 is 0 Å². The summed E-state index contributed by atoms with van der Waals surface area (Å²) >= 11 is 3.06. The number of nitrogens with two attached hydrogens (primary N) is 1. The molecule has 70 valence electrons. The van der Waals surface area contributed by atoms with E-state index < -0.39 is 11.7 Å². The first kappa shape index (κ1) is 9.98. The van der Waals surface area contributed by atoms with Crippen LogP contribution in [0.1, 0.15) is 10.4 Å². The summed E-state index contributed by atoms with van der Waals surface area (Å²) in [6.45, 7) is 0. The van der Waals surface area contributed by atoms with Crippen LogP contribution in [0, 0.1) is 5.82 Å². The first-order valence-corrected chi connectivity index (χ1v) is 4.18. The highest BCUT2D eigenvalue weighted by atomic mass is 79.9. The Kier molecular flexibility index (Phi) is 2.87. The van der Waals surface area contributed by atoms with E-state index in [1.807, 2.05) is 0 Å². The Labute approximate surface area is 82.8 Å². The normalized spacial score (nSPS) is 9.77. The third-order valence-corrected chi connectivity index (χ3v) is 1.94. The Hall–Kier alpha value is -1.10. The van der Waals surface area contributed by atoms with Gasteiger partial charge < -0.3 is 10.5 Å². The van der Waals surface area contributed by atoms with Gasteiger partial charge in [0.25, 0.3) is 5.91 Å². The zero-order chi connectivity index (χ0) is 10.0. The molecule has 0 aliphatic heterocycles. The lowest BCUT2D eigenvalue weighted by Gasteiger charge is -2.06. The van der Waals surface area contributed by atoms with Crippen molar-refractivity contribution >= 4 is 21.8 Å². The summed E-state index contributed by atoms with van der Waals surface area (Å²) in [6, 6.07) is 2.63. The van der Waals surface area contributed by atoms with Crippen molar-refractivity contribution < 1.29 is 13.9 Å². The second-order valence-electron chi connectivity index (χ2n) is 2.33. The van der Waals surface area contributed by atoms with Crippen LogP contribution in [0.3, 0.4) is 0 Å². The topological polar surface area (TPSA) is 52.3 Å². The lowest BCUT2D eigenvalue weighted by Crippen LogP contribution is -2.14. The molecule has 0 radical (unpaired) electrons. The Morgan fingerprint density at radius 2 is 2.23 bits per heavy atom. The predicted molar refractivity (Wildman–Crippen MR) is 49.2 cm³/mol. The molecule has 0 aliphatic carbocycles. The Bertz CT molecular complexity index is 354. The molecule has 0 aromatic heterocycles. The van der Waals surface area contributed by atoms with Crippen molar-refractivity contribution in [2.24, 2.45) is 5.73 Å². The van der Waals surface area contributed by atoms with Crippen molar-refractivity contribution in [2.45, 2.75) is 0 Å². The van der Waals surface area contributed by atoms with Crippen molar-refractivity contribution in [3.05, 3.63) is 28.0 Å². The number of hydrogen-bond acceptors (Lipinski definition) is 2. The van der Waals surface area contributed by atoms with Crippen LogP contribution in [0.5, 0.6) is 5.75 Å². The summed E-state index contributed by atoms with van der Waals surface area (Å²) in [7, 11) is 1.34. The number of carbonyl (C=O) groups is 1. The lowest BCUT2D eigenvalue weighted by atomic mass is 10.2. The SMILES string of the molecule is COc1cc(Br)cc(F)c1C(N)=O. The van der Waals surface area contributed by atoms with E-state index in [4.69, 9.17) is 10.5 Å². The molecule has 1 aromatic rings. The monoisotopic (exact) mass is 247 g/mol. The molecule has 2 N–H and O–H groups in total. The molecular weight excluding hydrogens is 241 g/mol. The van der Waals surface area contributed by atoms with Gasteiger partial charge in [-0.3, -0.25) is 4.79 Å². The number of amides is 1. The summed E-state index contributed by atoms with van der Waals surface area (Å²) in [5.74, 6) is -1.42. The summed E-state index contributed by atoms with van der Waals surface area (Å²) in [5.41, 5.74) is 4.74. The Morgan fingerprint density at radius 1 is 1.62 bits per heavy atom. The summed E-state index contributed by atoms with van der Waals surface area (Å²) in [6.07, 6.45) is 0. The van der Waals surface area contributed by atoms with Gasteiger partial charge in [-0.05, 0) is 12.1 Å². The molecule has 0 unspecified atom stereocenters. The van der Waals surface area contributed by atoms with Gasteiger partial charge in [0, 0.05) is 4.47 Å². The number of methoxy groups -OCH3 is 1. The number of hydrogen-bond donors (Lipinski definition) is 1. The van der Waals surface area contributed by atoms with Crippen LogP contribution in [0.15, 0.2) is 16.6 Å². The molecule has 0 aliphatic rings. The largest absolute Gasteiger partial charge is 0.496 e. The van der Waals surface area contributed by atoms with Crippen molar-refractivity contribution in [3.63, 3.8) is 0 Å². The molecule has 0 spiro atoms. The average Bonchev–Trinajstić information content (AvgIpc) is 2.01. The van der Waals surface area contributed by atoms with Gasteiger partial charge in [-0.25, -0.2) is 4.39 Å². The molecule has 0 heterocycles. The number of carbonyl (C=O) groups excluding carboxylic acids is 1. The molecule has 13 heavy (non-hydrogen) atoms. The maximum atomic E-state index is 13.1. The molecule has 0 atom stereocenters. The van der Waals surface area contributed by atoms with Gasteiger partial charge in [-0.15, -0.1) is 0 Å². The fourth-order valence-electron chi connectivity index (χ4n) is 0.950. The maximum absolute atomic E-state index is 13.1. The van der Waals surface area contributed by atoms with Crippen molar-refractivity contribution in [1.29, 1.82) is 0 Å². The van der Waals surface area contributed by atoms with Crippen LogP contribution in [0.4, 0.5) is 4.39 Å². The van der Waals surface area contributed by atoms with Crippen molar-refractivity contribution in [2.75, 3.05) is 7.11 Å². The number of halogens is 2. The van der Waals surface area contributed by atoms with Gasteiger partial charge in [0.15, 0.2) is 0 Å². The third-order valence-electron chi connectivity index (χ3n) is 1.49. The van der Waals surface area contributed by atoms with Crippen molar-refractivity contribution in [1.82, 2.24) is 0 Å². The average molecular weight is 248 g/mol. The molecule has 0 saturated heterocycles. The second-order valence-corrected chi connectivity index (χ2v) is 3.24. The molecular formula is C8H7BrFNO2. The van der Waals surface area contributed by atoms with E-state index in [0.29, 0.717) is 4.47 Å². The maximum Gasteiger partial charge on any atom is 0.255 e. The molecule has 0 saturated carbocycles. The molecule has 3 nitrogen and oxygen atoms in total. The van der Waals surface area contributed by atoms with Gasteiger partial charge in [-0.1, -0.05) is 15.9 Å². The summed E-state index contributed by atoms with van der Waals surface area (Å²) in [5, 5.41) is 0. The fourth-order valence-corrected chi connectivity index (χ4v) is 1.36. The van der Waals surface area contributed by atoms with Crippen LogP contribution < -0.4 is 10.5 Å². The number of primary amides is 1. The van der Waals surface area contributed by atoms with E-state index in [9.17, 15) is 9.18 Å². The Balaban J connectivity index is 3.38. The number of ether oxygens (including phenoxy) is 1. The van der Waals surface area contributed by atoms with Gasteiger partial charge in [-0.2, -0.15) is 0 Å². The molecule has 5 heteroatoms. The minimum absolute atomic E-state index is 0.124. The minimum Gasteiger partial charge on any atom is -0.496 e. The highest BCUT2D eigenvalue weighted by Crippen LogP contribution is 2.25. The third kappa shape index (κ3) is 1.98. The van der Waals surface area contributed by atoms with Gasteiger partial charge in [0.05, 0.1) is 7.11 Å². The van der Waals surface area contributed by atoms with E-state index in [1.165, 1.54) is 13.2 Å². The van der Waals surface area contributed by atoms with Crippen molar-refractivity contribution in [3.8, 4) is 5.75 Å². The first-order chi connectivity index (χ1) is 6.06. The smallest absolute Gasteiger partial charge is 0.255 e. The van der Waals surface area contributed by atoms with Crippen LogP contribution in [0.2, 0.25) is 0 Å². The molecule has 0 bridgehead atoms.